The highest BCUT2D eigenvalue weighted by atomic mass is 35.5. The van der Waals surface area contributed by atoms with Crippen molar-refractivity contribution in [3.05, 3.63) is 28.8 Å². The lowest BCUT2D eigenvalue weighted by molar-refractivity contribution is 0.198. The van der Waals surface area contributed by atoms with Gasteiger partial charge in [-0.25, -0.2) is 0 Å². The molecule has 1 saturated heterocycles. The highest BCUT2D eigenvalue weighted by Crippen LogP contribution is 2.28. The van der Waals surface area contributed by atoms with Crippen LogP contribution < -0.4 is 10.2 Å². The third kappa shape index (κ3) is 4.10. The standard InChI is InChI=1S/C15H23ClN2O/c1-15(2,3)17-9-11-4-5-12(16)8-14(11)18-7-6-13(19)10-18/h4-5,8,13,17,19H,6-7,9-10H2,1-3H3. The number of nitrogens with zero attached hydrogens (tertiary/aromatic N) is 1. The fourth-order valence-corrected chi connectivity index (χ4v) is 2.47. The minimum atomic E-state index is -0.220. The second-order valence-electron chi connectivity index (χ2n) is 6.27. The molecule has 19 heavy (non-hydrogen) atoms. The minimum absolute atomic E-state index is 0.0848. The van der Waals surface area contributed by atoms with Crippen LogP contribution in [0.1, 0.15) is 32.8 Å². The van der Waals surface area contributed by atoms with Gasteiger partial charge in [0.25, 0.3) is 0 Å². The summed E-state index contributed by atoms with van der Waals surface area (Å²) in [7, 11) is 0. The Balaban J connectivity index is 2.18. The van der Waals surface area contributed by atoms with E-state index in [0.717, 1.165) is 30.2 Å². The van der Waals surface area contributed by atoms with E-state index in [0.29, 0.717) is 6.54 Å². The lowest BCUT2D eigenvalue weighted by atomic mass is 10.1. The summed E-state index contributed by atoms with van der Waals surface area (Å²) in [5.41, 5.74) is 2.45. The van der Waals surface area contributed by atoms with Gasteiger partial charge in [-0.2, -0.15) is 0 Å². The van der Waals surface area contributed by atoms with E-state index in [2.05, 4.69) is 37.1 Å². The quantitative estimate of drug-likeness (QED) is 0.895. The molecule has 0 spiro atoms. The number of aliphatic hydroxyl groups is 1. The van der Waals surface area contributed by atoms with E-state index < -0.39 is 0 Å². The van der Waals surface area contributed by atoms with Gasteiger partial charge in [0, 0.05) is 35.9 Å². The number of nitrogens with one attached hydrogen (secondary N) is 1. The van der Waals surface area contributed by atoms with E-state index >= 15 is 0 Å². The monoisotopic (exact) mass is 282 g/mol. The van der Waals surface area contributed by atoms with Crippen LogP contribution in [0.5, 0.6) is 0 Å². The van der Waals surface area contributed by atoms with Gasteiger partial charge in [-0.1, -0.05) is 17.7 Å². The Morgan fingerprint density at radius 2 is 2.16 bits per heavy atom. The predicted molar refractivity (Wildman–Crippen MR) is 80.9 cm³/mol. The zero-order chi connectivity index (χ0) is 14.0. The molecule has 0 bridgehead atoms. The summed E-state index contributed by atoms with van der Waals surface area (Å²) >= 11 is 6.11. The highest BCUT2D eigenvalue weighted by molar-refractivity contribution is 6.30. The van der Waals surface area contributed by atoms with E-state index in [1.165, 1.54) is 5.56 Å². The average Bonchev–Trinajstić information content (AvgIpc) is 2.73. The fraction of sp³-hybridized carbons (Fsp3) is 0.600. The number of rotatable bonds is 3. The van der Waals surface area contributed by atoms with Crippen molar-refractivity contribution in [1.29, 1.82) is 0 Å². The smallest absolute Gasteiger partial charge is 0.0731 e. The lowest BCUT2D eigenvalue weighted by Crippen LogP contribution is -2.35. The molecule has 4 heteroatoms. The molecule has 1 heterocycles. The van der Waals surface area contributed by atoms with Gasteiger partial charge in [0.1, 0.15) is 0 Å². The molecule has 1 aliphatic rings. The summed E-state index contributed by atoms with van der Waals surface area (Å²) in [5.74, 6) is 0. The maximum atomic E-state index is 9.69. The largest absolute Gasteiger partial charge is 0.391 e. The van der Waals surface area contributed by atoms with Crippen molar-refractivity contribution in [2.45, 2.75) is 45.4 Å². The maximum Gasteiger partial charge on any atom is 0.0731 e. The fourth-order valence-electron chi connectivity index (χ4n) is 2.30. The summed E-state index contributed by atoms with van der Waals surface area (Å²) in [6.07, 6.45) is 0.612. The van der Waals surface area contributed by atoms with Crippen molar-refractivity contribution in [2.24, 2.45) is 0 Å². The number of hydrogen-bond donors (Lipinski definition) is 2. The van der Waals surface area contributed by atoms with Gasteiger partial charge in [-0.3, -0.25) is 0 Å². The molecule has 1 atom stereocenters. The van der Waals surface area contributed by atoms with Crippen LogP contribution in [0.2, 0.25) is 5.02 Å². The Hall–Kier alpha value is -0.770. The van der Waals surface area contributed by atoms with Gasteiger partial charge < -0.3 is 15.3 Å². The number of aliphatic hydroxyl groups excluding tert-OH is 1. The summed E-state index contributed by atoms with van der Waals surface area (Å²) < 4.78 is 0. The van der Waals surface area contributed by atoms with Gasteiger partial charge in [-0.05, 0) is 44.9 Å². The molecule has 0 aliphatic carbocycles. The summed E-state index contributed by atoms with van der Waals surface area (Å²) in [5, 5.41) is 13.9. The molecule has 0 saturated carbocycles. The van der Waals surface area contributed by atoms with Crippen LogP contribution in [0.3, 0.4) is 0 Å². The van der Waals surface area contributed by atoms with E-state index in [-0.39, 0.29) is 11.6 Å². The Bertz CT molecular complexity index is 442. The molecule has 1 aromatic rings. The van der Waals surface area contributed by atoms with Crippen molar-refractivity contribution >= 4 is 17.3 Å². The predicted octanol–water partition coefficient (Wildman–Crippen LogP) is 2.80. The zero-order valence-electron chi connectivity index (χ0n) is 11.9. The topological polar surface area (TPSA) is 35.5 Å². The first-order chi connectivity index (χ1) is 8.85. The maximum absolute atomic E-state index is 9.69. The first-order valence-corrected chi connectivity index (χ1v) is 7.19. The van der Waals surface area contributed by atoms with Crippen LogP contribution >= 0.6 is 11.6 Å². The van der Waals surface area contributed by atoms with E-state index in [1.807, 2.05) is 12.1 Å². The molecular formula is C15H23ClN2O. The lowest BCUT2D eigenvalue weighted by Gasteiger charge is -2.25. The highest BCUT2D eigenvalue weighted by Gasteiger charge is 2.23. The van der Waals surface area contributed by atoms with E-state index in [4.69, 9.17) is 11.6 Å². The Labute approximate surface area is 120 Å². The Morgan fingerprint density at radius 1 is 1.42 bits per heavy atom. The molecule has 0 amide bonds. The van der Waals surface area contributed by atoms with Gasteiger partial charge in [0.15, 0.2) is 0 Å². The third-order valence-electron chi connectivity index (χ3n) is 3.36. The van der Waals surface area contributed by atoms with Crippen LogP contribution in [-0.2, 0) is 6.54 Å². The molecule has 1 aliphatic heterocycles. The third-order valence-corrected chi connectivity index (χ3v) is 3.60. The molecule has 1 aromatic carbocycles. The van der Waals surface area contributed by atoms with Crippen molar-refractivity contribution in [1.82, 2.24) is 5.32 Å². The van der Waals surface area contributed by atoms with Gasteiger partial charge in [-0.15, -0.1) is 0 Å². The molecule has 1 fully saturated rings. The number of benzene rings is 1. The second kappa shape index (κ2) is 5.70. The van der Waals surface area contributed by atoms with Gasteiger partial charge in [0.2, 0.25) is 0 Å². The molecule has 1 unspecified atom stereocenters. The summed E-state index contributed by atoms with van der Waals surface area (Å²) in [4.78, 5) is 2.22. The summed E-state index contributed by atoms with van der Waals surface area (Å²) in [6.45, 7) is 8.86. The molecule has 3 nitrogen and oxygen atoms in total. The number of hydrogen-bond acceptors (Lipinski definition) is 3. The Morgan fingerprint density at radius 3 is 2.74 bits per heavy atom. The molecule has 0 radical (unpaired) electrons. The van der Waals surface area contributed by atoms with Crippen molar-refractivity contribution in [3.63, 3.8) is 0 Å². The normalized spacial score (nSPS) is 20.1. The molecular weight excluding hydrogens is 260 g/mol. The van der Waals surface area contributed by atoms with Gasteiger partial charge >= 0.3 is 0 Å². The number of anilines is 1. The van der Waals surface area contributed by atoms with E-state index in [1.54, 1.807) is 0 Å². The first kappa shape index (κ1) is 14.6. The SMILES string of the molecule is CC(C)(C)NCc1ccc(Cl)cc1N1CCC(O)C1. The Kier molecular flexibility index (Phi) is 4.39. The second-order valence-corrected chi connectivity index (χ2v) is 6.70. The van der Waals surface area contributed by atoms with Crippen molar-refractivity contribution in [2.75, 3.05) is 18.0 Å². The minimum Gasteiger partial charge on any atom is -0.391 e. The van der Waals surface area contributed by atoms with Crippen LogP contribution in [0, 0.1) is 0 Å². The van der Waals surface area contributed by atoms with Crippen LogP contribution in [0.15, 0.2) is 18.2 Å². The van der Waals surface area contributed by atoms with E-state index in [9.17, 15) is 5.11 Å². The number of halogens is 1. The first-order valence-electron chi connectivity index (χ1n) is 6.81. The molecule has 2 N–H and O–H groups in total. The van der Waals surface area contributed by atoms with Crippen LogP contribution in [0.4, 0.5) is 5.69 Å². The summed E-state index contributed by atoms with van der Waals surface area (Å²) in [6, 6.07) is 6.00. The zero-order valence-corrected chi connectivity index (χ0v) is 12.7. The molecule has 106 valence electrons. The van der Waals surface area contributed by atoms with Crippen LogP contribution in [0.25, 0.3) is 0 Å². The number of β-amino-alcohol motifs (C(OH)–C–C–N with tert-alkyl or cyclic N) is 1. The molecule has 2 rings (SSSR count). The van der Waals surface area contributed by atoms with Gasteiger partial charge in [0.05, 0.1) is 6.10 Å². The van der Waals surface area contributed by atoms with Crippen molar-refractivity contribution in [3.8, 4) is 0 Å². The average molecular weight is 283 g/mol. The van der Waals surface area contributed by atoms with Crippen molar-refractivity contribution < 1.29 is 5.11 Å². The van der Waals surface area contributed by atoms with Crippen LogP contribution in [-0.4, -0.2) is 29.8 Å². The molecule has 0 aromatic heterocycles.